The lowest BCUT2D eigenvalue weighted by Gasteiger charge is -2.32. The summed E-state index contributed by atoms with van der Waals surface area (Å²) in [6.07, 6.45) is 0. The molecular formula is C13H20ClN3O. The molecule has 0 aromatic heterocycles. The summed E-state index contributed by atoms with van der Waals surface area (Å²) in [6, 6.07) is 6.78. The minimum absolute atomic E-state index is 0.0860. The first kappa shape index (κ1) is 14.8. The predicted molar refractivity (Wildman–Crippen MR) is 76.2 cm³/mol. The van der Waals surface area contributed by atoms with Crippen LogP contribution in [0.2, 0.25) is 5.02 Å². The van der Waals surface area contributed by atoms with Crippen molar-refractivity contribution in [3.63, 3.8) is 0 Å². The van der Waals surface area contributed by atoms with E-state index in [0.717, 1.165) is 5.69 Å². The number of anilines is 1. The fraction of sp³-hybridized carbons (Fsp3) is 0.462. The van der Waals surface area contributed by atoms with E-state index in [1.807, 2.05) is 14.1 Å². The maximum Gasteiger partial charge on any atom is 0.319 e. The highest BCUT2D eigenvalue weighted by Crippen LogP contribution is 2.13. The Morgan fingerprint density at radius 1 is 1.28 bits per heavy atom. The number of nitrogens with one attached hydrogen (secondary N) is 2. The summed E-state index contributed by atoms with van der Waals surface area (Å²) < 4.78 is 0. The van der Waals surface area contributed by atoms with Crippen molar-refractivity contribution in [1.82, 2.24) is 10.2 Å². The molecule has 0 aliphatic rings. The second-order valence-corrected chi connectivity index (χ2v) is 5.46. The molecule has 0 aliphatic carbocycles. The van der Waals surface area contributed by atoms with Gasteiger partial charge in [0.1, 0.15) is 0 Å². The fourth-order valence-corrected chi connectivity index (χ4v) is 1.29. The van der Waals surface area contributed by atoms with Gasteiger partial charge in [0.25, 0.3) is 0 Å². The molecule has 1 rings (SSSR count). The molecule has 0 heterocycles. The van der Waals surface area contributed by atoms with Gasteiger partial charge in [-0.1, -0.05) is 11.6 Å². The molecule has 0 saturated carbocycles. The number of urea groups is 1. The number of likely N-dealkylation sites (N-methyl/N-ethyl adjacent to an activating group) is 1. The summed E-state index contributed by atoms with van der Waals surface area (Å²) in [4.78, 5) is 13.8. The molecule has 0 fully saturated rings. The highest BCUT2D eigenvalue weighted by Gasteiger charge is 2.20. The average molecular weight is 270 g/mol. The van der Waals surface area contributed by atoms with Gasteiger partial charge in [-0.2, -0.15) is 0 Å². The summed E-state index contributed by atoms with van der Waals surface area (Å²) in [7, 11) is 3.97. The van der Waals surface area contributed by atoms with Crippen molar-refractivity contribution in [2.24, 2.45) is 0 Å². The highest BCUT2D eigenvalue weighted by atomic mass is 35.5. The Morgan fingerprint density at radius 3 is 2.33 bits per heavy atom. The lowest BCUT2D eigenvalue weighted by molar-refractivity contribution is 0.189. The van der Waals surface area contributed by atoms with Crippen molar-refractivity contribution in [2.45, 2.75) is 19.4 Å². The molecular weight excluding hydrogens is 250 g/mol. The maximum absolute atomic E-state index is 11.7. The topological polar surface area (TPSA) is 44.4 Å². The highest BCUT2D eigenvalue weighted by molar-refractivity contribution is 6.30. The standard InChI is InChI=1S/C13H20ClN3O/c1-13(2,17(3)4)9-15-12(18)16-11-7-5-10(14)6-8-11/h5-8H,9H2,1-4H3,(H2,15,16,18). The zero-order valence-electron chi connectivity index (χ0n) is 11.2. The quantitative estimate of drug-likeness (QED) is 0.883. The van der Waals surface area contributed by atoms with Gasteiger partial charge in [0, 0.05) is 22.8 Å². The number of nitrogens with zero attached hydrogens (tertiary/aromatic N) is 1. The molecule has 1 aromatic rings. The Morgan fingerprint density at radius 2 is 1.83 bits per heavy atom. The Balaban J connectivity index is 2.45. The van der Waals surface area contributed by atoms with Crippen molar-refractivity contribution in [2.75, 3.05) is 26.0 Å². The molecule has 5 heteroatoms. The third-order valence-electron chi connectivity index (χ3n) is 2.99. The first-order chi connectivity index (χ1) is 8.31. The van der Waals surface area contributed by atoms with Gasteiger partial charge in [0.2, 0.25) is 0 Å². The molecule has 18 heavy (non-hydrogen) atoms. The van der Waals surface area contributed by atoms with Crippen LogP contribution >= 0.6 is 11.6 Å². The second kappa shape index (κ2) is 6.07. The van der Waals surface area contributed by atoms with Gasteiger partial charge in [-0.3, -0.25) is 0 Å². The van der Waals surface area contributed by atoms with Crippen LogP contribution in [0.4, 0.5) is 10.5 Å². The second-order valence-electron chi connectivity index (χ2n) is 5.02. The Kier molecular flexibility index (Phi) is 4.99. The van der Waals surface area contributed by atoms with Gasteiger partial charge in [-0.15, -0.1) is 0 Å². The molecule has 0 bridgehead atoms. The summed E-state index contributed by atoms with van der Waals surface area (Å²) >= 11 is 5.77. The van der Waals surface area contributed by atoms with Gasteiger partial charge in [0.05, 0.1) is 0 Å². The van der Waals surface area contributed by atoms with Gasteiger partial charge >= 0.3 is 6.03 Å². The number of halogens is 1. The van der Waals surface area contributed by atoms with E-state index in [-0.39, 0.29) is 11.6 Å². The zero-order valence-corrected chi connectivity index (χ0v) is 12.0. The van der Waals surface area contributed by atoms with Crippen LogP contribution in [0.25, 0.3) is 0 Å². The number of hydrogen-bond acceptors (Lipinski definition) is 2. The lowest BCUT2D eigenvalue weighted by Crippen LogP contribution is -2.49. The van der Waals surface area contributed by atoms with Crippen LogP contribution in [0.3, 0.4) is 0 Å². The first-order valence-electron chi connectivity index (χ1n) is 5.79. The van der Waals surface area contributed by atoms with Crippen LogP contribution in [-0.4, -0.2) is 37.1 Å². The molecule has 0 aliphatic heterocycles. The largest absolute Gasteiger partial charge is 0.336 e. The Hall–Kier alpha value is -1.26. The Labute approximate surface area is 113 Å². The first-order valence-corrected chi connectivity index (χ1v) is 6.17. The van der Waals surface area contributed by atoms with E-state index in [4.69, 9.17) is 11.6 Å². The maximum atomic E-state index is 11.7. The van der Waals surface area contributed by atoms with Crippen LogP contribution in [0.5, 0.6) is 0 Å². The number of rotatable bonds is 4. The molecule has 0 spiro atoms. The number of amides is 2. The van der Waals surface area contributed by atoms with Crippen LogP contribution in [0, 0.1) is 0 Å². The third-order valence-corrected chi connectivity index (χ3v) is 3.25. The summed E-state index contributed by atoms with van der Waals surface area (Å²) in [6.45, 7) is 4.70. The molecule has 100 valence electrons. The van der Waals surface area contributed by atoms with E-state index >= 15 is 0 Å². The number of benzene rings is 1. The molecule has 0 radical (unpaired) electrons. The predicted octanol–water partition coefficient (Wildman–Crippen LogP) is 2.80. The number of hydrogen-bond donors (Lipinski definition) is 2. The number of carbonyl (C=O) groups is 1. The van der Waals surface area contributed by atoms with Gasteiger partial charge in [-0.05, 0) is 52.2 Å². The van der Waals surface area contributed by atoms with Crippen molar-refractivity contribution in [3.05, 3.63) is 29.3 Å². The normalized spacial score (nSPS) is 11.4. The van der Waals surface area contributed by atoms with Gasteiger partial charge < -0.3 is 15.5 Å². The van der Waals surface area contributed by atoms with Gasteiger partial charge in [0.15, 0.2) is 0 Å². The number of carbonyl (C=O) groups excluding carboxylic acids is 1. The van der Waals surface area contributed by atoms with Crippen molar-refractivity contribution < 1.29 is 4.79 Å². The van der Waals surface area contributed by atoms with Gasteiger partial charge in [-0.25, -0.2) is 4.79 Å². The lowest BCUT2D eigenvalue weighted by atomic mass is 10.1. The summed E-state index contributed by atoms with van der Waals surface area (Å²) in [5.41, 5.74) is 0.636. The monoisotopic (exact) mass is 269 g/mol. The Bertz CT molecular complexity index is 401. The van der Waals surface area contributed by atoms with Crippen LogP contribution < -0.4 is 10.6 Å². The van der Waals surface area contributed by atoms with Crippen LogP contribution in [0.1, 0.15) is 13.8 Å². The van der Waals surface area contributed by atoms with E-state index in [2.05, 4.69) is 29.4 Å². The molecule has 2 N–H and O–H groups in total. The van der Waals surface area contributed by atoms with E-state index in [9.17, 15) is 4.79 Å². The molecule has 0 unspecified atom stereocenters. The molecule has 1 aromatic carbocycles. The van der Waals surface area contributed by atoms with Crippen LogP contribution in [-0.2, 0) is 0 Å². The van der Waals surface area contributed by atoms with Crippen molar-refractivity contribution >= 4 is 23.3 Å². The molecule has 2 amide bonds. The van der Waals surface area contributed by atoms with Crippen molar-refractivity contribution in [3.8, 4) is 0 Å². The average Bonchev–Trinajstić information content (AvgIpc) is 2.29. The minimum Gasteiger partial charge on any atom is -0.336 e. The molecule has 0 saturated heterocycles. The van der Waals surface area contributed by atoms with E-state index in [0.29, 0.717) is 11.6 Å². The summed E-state index contributed by atoms with van der Waals surface area (Å²) in [5.74, 6) is 0. The van der Waals surface area contributed by atoms with E-state index in [1.165, 1.54) is 0 Å². The summed E-state index contributed by atoms with van der Waals surface area (Å²) in [5, 5.41) is 6.24. The molecule has 0 atom stereocenters. The smallest absolute Gasteiger partial charge is 0.319 e. The molecule has 4 nitrogen and oxygen atoms in total. The van der Waals surface area contributed by atoms with E-state index in [1.54, 1.807) is 24.3 Å². The zero-order chi connectivity index (χ0) is 13.8. The van der Waals surface area contributed by atoms with E-state index < -0.39 is 0 Å². The fourth-order valence-electron chi connectivity index (χ4n) is 1.16. The third kappa shape index (κ3) is 4.55. The van der Waals surface area contributed by atoms with Crippen LogP contribution in [0.15, 0.2) is 24.3 Å². The SMILES string of the molecule is CN(C)C(C)(C)CNC(=O)Nc1ccc(Cl)cc1. The van der Waals surface area contributed by atoms with Crippen molar-refractivity contribution in [1.29, 1.82) is 0 Å². The minimum atomic E-state index is -0.216.